The number of halogens is 2. The molecule has 0 bridgehead atoms. The molecule has 26 heavy (non-hydrogen) atoms. The summed E-state index contributed by atoms with van der Waals surface area (Å²) < 4.78 is 26.2. The fourth-order valence-electron chi connectivity index (χ4n) is 2.35. The molecular weight excluding hydrogens is 379 g/mol. The van der Waals surface area contributed by atoms with Crippen molar-refractivity contribution >= 4 is 39.1 Å². The maximum absolute atomic E-state index is 12.9. The number of aromatic nitrogens is 1. The van der Waals surface area contributed by atoms with Crippen LogP contribution in [0.2, 0.25) is 5.02 Å². The molecule has 0 aliphatic rings. The Kier molecular flexibility index (Phi) is 6.03. The number of thiazole rings is 1. The average molecular weight is 395 g/mol. The van der Waals surface area contributed by atoms with E-state index in [4.69, 9.17) is 21.1 Å². The Morgan fingerprint density at radius 2 is 2.04 bits per heavy atom. The molecule has 0 aliphatic heterocycles. The van der Waals surface area contributed by atoms with Crippen LogP contribution in [0, 0.1) is 5.82 Å². The van der Waals surface area contributed by atoms with E-state index in [0.29, 0.717) is 28.7 Å². The van der Waals surface area contributed by atoms with Gasteiger partial charge in [-0.25, -0.2) is 4.39 Å². The number of amides is 1. The molecule has 136 valence electrons. The molecule has 3 rings (SSSR count). The predicted octanol–water partition coefficient (Wildman–Crippen LogP) is 3.65. The molecule has 0 saturated carbocycles. The topological polar surface area (TPSA) is 52.8 Å². The van der Waals surface area contributed by atoms with Gasteiger partial charge in [0.25, 0.3) is 5.91 Å². The zero-order chi connectivity index (χ0) is 18.5. The summed E-state index contributed by atoms with van der Waals surface area (Å²) >= 11 is 7.42. The lowest BCUT2D eigenvalue weighted by atomic mass is 10.3. The first kappa shape index (κ1) is 18.6. The van der Waals surface area contributed by atoms with Crippen LogP contribution in [0.25, 0.3) is 10.2 Å². The number of fused-ring (bicyclic) bond motifs is 1. The van der Waals surface area contributed by atoms with Crippen LogP contribution in [0.4, 0.5) is 4.39 Å². The number of hydrogen-bond donors (Lipinski definition) is 0. The molecule has 0 unspecified atom stereocenters. The molecule has 0 spiro atoms. The minimum atomic E-state index is -0.432. The summed E-state index contributed by atoms with van der Waals surface area (Å²) in [7, 11) is 1.62. The maximum Gasteiger partial charge on any atom is 0.286 e. The summed E-state index contributed by atoms with van der Waals surface area (Å²) in [5.41, 5.74) is 0.933. The highest BCUT2D eigenvalue weighted by molar-refractivity contribution is 7.16. The summed E-state index contributed by atoms with van der Waals surface area (Å²) in [4.78, 5) is 16.9. The van der Waals surface area contributed by atoms with Crippen molar-refractivity contribution in [1.82, 2.24) is 4.57 Å². The number of rotatable bonds is 6. The molecule has 1 amide bonds. The van der Waals surface area contributed by atoms with Gasteiger partial charge in [0.2, 0.25) is 0 Å². The summed E-state index contributed by atoms with van der Waals surface area (Å²) in [6.07, 6.45) is 0. The van der Waals surface area contributed by atoms with Crippen LogP contribution in [0.5, 0.6) is 5.75 Å². The van der Waals surface area contributed by atoms with Gasteiger partial charge in [0.05, 0.1) is 16.8 Å². The second kappa shape index (κ2) is 8.44. The van der Waals surface area contributed by atoms with Crippen molar-refractivity contribution in [3.63, 3.8) is 0 Å². The Labute approximate surface area is 158 Å². The second-order valence-corrected chi connectivity index (χ2v) is 6.83. The van der Waals surface area contributed by atoms with Gasteiger partial charge in [-0.3, -0.25) is 4.79 Å². The van der Waals surface area contributed by atoms with Crippen molar-refractivity contribution in [3.05, 3.63) is 58.1 Å². The lowest BCUT2D eigenvalue weighted by Crippen LogP contribution is -2.21. The van der Waals surface area contributed by atoms with Crippen molar-refractivity contribution in [1.29, 1.82) is 0 Å². The Morgan fingerprint density at radius 3 is 2.77 bits per heavy atom. The fraction of sp³-hybridized carbons (Fsp3) is 0.222. The van der Waals surface area contributed by atoms with E-state index in [-0.39, 0.29) is 12.4 Å². The average Bonchev–Trinajstić information content (AvgIpc) is 2.95. The van der Waals surface area contributed by atoms with E-state index in [0.717, 1.165) is 10.2 Å². The summed E-state index contributed by atoms with van der Waals surface area (Å²) in [6.45, 7) is 0.815. The number of carbonyl (C=O) groups excluding carboxylic acids is 1. The van der Waals surface area contributed by atoms with E-state index in [1.54, 1.807) is 13.2 Å². The molecule has 1 heterocycles. The quantitative estimate of drug-likeness (QED) is 0.641. The lowest BCUT2D eigenvalue weighted by molar-refractivity contribution is -0.120. The standard InChI is InChI=1S/C18H16ClFN2O3S/c1-24-9-8-22-15-7-2-12(19)10-16(15)26-18(22)21-17(23)11-25-14-5-3-13(20)4-6-14/h2-7,10H,8-9,11H2,1H3. The fourth-order valence-corrected chi connectivity index (χ4v) is 3.70. The smallest absolute Gasteiger partial charge is 0.286 e. The Balaban J connectivity index is 1.84. The largest absolute Gasteiger partial charge is 0.484 e. The molecule has 5 nitrogen and oxygen atoms in total. The van der Waals surface area contributed by atoms with E-state index >= 15 is 0 Å². The molecule has 0 atom stereocenters. The first-order chi connectivity index (χ1) is 12.6. The van der Waals surface area contributed by atoms with Gasteiger partial charge in [0.15, 0.2) is 11.4 Å². The predicted molar refractivity (Wildman–Crippen MR) is 99.2 cm³/mol. The summed E-state index contributed by atoms with van der Waals surface area (Å²) in [5.74, 6) is -0.389. The Morgan fingerprint density at radius 1 is 1.27 bits per heavy atom. The van der Waals surface area contributed by atoms with Crippen molar-refractivity contribution < 1.29 is 18.7 Å². The first-order valence-corrected chi connectivity index (χ1v) is 9.00. The number of methoxy groups -OCH3 is 1. The van der Waals surface area contributed by atoms with Crippen molar-refractivity contribution in [2.75, 3.05) is 20.3 Å². The molecule has 3 aromatic rings. The van der Waals surface area contributed by atoms with Crippen LogP contribution in [0.3, 0.4) is 0 Å². The van der Waals surface area contributed by atoms with Crippen molar-refractivity contribution in [2.24, 2.45) is 4.99 Å². The number of carbonyl (C=O) groups is 1. The molecule has 1 aromatic heterocycles. The highest BCUT2D eigenvalue weighted by Crippen LogP contribution is 2.22. The van der Waals surface area contributed by atoms with Crippen LogP contribution < -0.4 is 9.54 Å². The molecular formula is C18H16ClFN2O3S. The highest BCUT2D eigenvalue weighted by Gasteiger charge is 2.09. The van der Waals surface area contributed by atoms with Crippen molar-refractivity contribution in [2.45, 2.75) is 6.54 Å². The minimum Gasteiger partial charge on any atom is -0.484 e. The van der Waals surface area contributed by atoms with E-state index < -0.39 is 5.91 Å². The van der Waals surface area contributed by atoms with Gasteiger partial charge < -0.3 is 14.0 Å². The molecule has 2 aromatic carbocycles. The van der Waals surface area contributed by atoms with Gasteiger partial charge in [0, 0.05) is 18.7 Å². The number of hydrogen-bond acceptors (Lipinski definition) is 4. The third-order valence-corrected chi connectivity index (χ3v) is 4.84. The van der Waals surface area contributed by atoms with Crippen LogP contribution in [0.15, 0.2) is 47.5 Å². The molecule has 0 fully saturated rings. The van der Waals surface area contributed by atoms with Gasteiger partial charge in [-0.2, -0.15) is 4.99 Å². The van der Waals surface area contributed by atoms with E-state index in [1.165, 1.54) is 35.6 Å². The van der Waals surface area contributed by atoms with E-state index in [2.05, 4.69) is 4.99 Å². The van der Waals surface area contributed by atoms with Gasteiger partial charge in [-0.1, -0.05) is 22.9 Å². The van der Waals surface area contributed by atoms with Crippen molar-refractivity contribution in [3.8, 4) is 5.75 Å². The van der Waals surface area contributed by atoms with E-state index in [1.807, 2.05) is 16.7 Å². The molecule has 8 heteroatoms. The van der Waals surface area contributed by atoms with Gasteiger partial charge >= 0.3 is 0 Å². The molecule has 0 aliphatic carbocycles. The SMILES string of the molecule is COCCn1c(=NC(=O)COc2ccc(F)cc2)sc2cc(Cl)ccc21. The zero-order valence-corrected chi connectivity index (χ0v) is 15.5. The second-order valence-electron chi connectivity index (χ2n) is 5.39. The van der Waals surface area contributed by atoms with Gasteiger partial charge in [0.1, 0.15) is 11.6 Å². The minimum absolute atomic E-state index is 0.231. The van der Waals surface area contributed by atoms with Crippen LogP contribution in [-0.2, 0) is 16.1 Å². The third-order valence-electron chi connectivity index (χ3n) is 3.56. The third kappa shape index (κ3) is 4.49. The lowest BCUT2D eigenvalue weighted by Gasteiger charge is -2.05. The monoisotopic (exact) mass is 394 g/mol. The van der Waals surface area contributed by atoms with Gasteiger partial charge in [-0.05, 0) is 42.5 Å². The molecule has 0 radical (unpaired) electrons. The molecule has 0 N–H and O–H groups in total. The van der Waals surface area contributed by atoms with Crippen LogP contribution in [-0.4, -0.2) is 30.8 Å². The highest BCUT2D eigenvalue weighted by atomic mass is 35.5. The summed E-state index contributed by atoms with van der Waals surface area (Å²) in [5, 5.41) is 0.621. The summed E-state index contributed by atoms with van der Waals surface area (Å²) in [6, 6.07) is 11.0. The van der Waals surface area contributed by atoms with E-state index in [9.17, 15) is 9.18 Å². The van der Waals surface area contributed by atoms with Crippen LogP contribution >= 0.6 is 22.9 Å². The maximum atomic E-state index is 12.9. The normalized spacial score (nSPS) is 11.9. The Hall–Kier alpha value is -2.22. The van der Waals surface area contributed by atoms with Crippen LogP contribution in [0.1, 0.15) is 0 Å². The number of ether oxygens (including phenoxy) is 2. The molecule has 0 saturated heterocycles. The van der Waals surface area contributed by atoms with Gasteiger partial charge in [-0.15, -0.1) is 0 Å². The zero-order valence-electron chi connectivity index (χ0n) is 13.9. The Bertz CT molecular complexity index is 982. The number of benzene rings is 2. The number of nitrogens with zero attached hydrogens (tertiary/aromatic N) is 2. The first-order valence-electron chi connectivity index (χ1n) is 7.80.